The molecule has 0 fully saturated rings. The molecule has 1 aromatic carbocycles. The second kappa shape index (κ2) is 3.37. The molecule has 3 nitrogen and oxygen atoms in total. The second-order valence-corrected chi connectivity index (χ2v) is 5.57. The number of rotatable bonds is 1. The van der Waals surface area contributed by atoms with E-state index in [9.17, 15) is 4.79 Å². The van der Waals surface area contributed by atoms with E-state index in [1.54, 1.807) is 7.11 Å². The molecule has 94 valence electrons. The van der Waals surface area contributed by atoms with Gasteiger partial charge in [0.05, 0.1) is 24.8 Å². The first-order valence-corrected chi connectivity index (χ1v) is 6.18. The minimum Gasteiger partial charge on any atom is -0.497 e. The molecule has 0 spiro atoms. The molecule has 0 aliphatic carbocycles. The van der Waals surface area contributed by atoms with E-state index >= 15 is 0 Å². The summed E-state index contributed by atoms with van der Waals surface area (Å²) in [4.78, 5) is 14.1. The number of allylic oxidation sites excluding steroid dienone is 1. The van der Waals surface area contributed by atoms with Crippen LogP contribution in [-0.4, -0.2) is 18.6 Å². The van der Waals surface area contributed by atoms with E-state index in [-0.39, 0.29) is 11.4 Å². The standard InChI is InChI=1S/C15H17NO2/c1-9-8-15(2,3)16-13(17)6-10-5-11(18-4)7-12(9)14(10)16/h5,7-8H,6H2,1-4H3. The molecule has 3 rings (SSSR count). The maximum atomic E-state index is 12.2. The van der Waals surface area contributed by atoms with E-state index in [1.165, 1.54) is 5.57 Å². The highest BCUT2D eigenvalue weighted by molar-refractivity contribution is 6.07. The van der Waals surface area contributed by atoms with Gasteiger partial charge in [-0.15, -0.1) is 0 Å². The van der Waals surface area contributed by atoms with E-state index in [0.717, 1.165) is 22.6 Å². The van der Waals surface area contributed by atoms with Crippen LogP contribution in [0.5, 0.6) is 5.75 Å². The predicted octanol–water partition coefficient (Wildman–Crippen LogP) is 2.78. The molecule has 18 heavy (non-hydrogen) atoms. The van der Waals surface area contributed by atoms with Crippen molar-refractivity contribution in [1.82, 2.24) is 0 Å². The first-order chi connectivity index (χ1) is 8.44. The van der Waals surface area contributed by atoms with Gasteiger partial charge in [0, 0.05) is 5.56 Å². The fourth-order valence-electron chi connectivity index (χ4n) is 3.13. The number of anilines is 1. The van der Waals surface area contributed by atoms with Crippen LogP contribution in [0.4, 0.5) is 5.69 Å². The van der Waals surface area contributed by atoms with Crippen molar-refractivity contribution in [1.29, 1.82) is 0 Å². The number of carbonyl (C=O) groups excluding carboxylic acids is 1. The Morgan fingerprint density at radius 3 is 2.72 bits per heavy atom. The highest BCUT2D eigenvalue weighted by Gasteiger charge is 2.41. The first kappa shape index (κ1) is 11.3. The number of carbonyl (C=O) groups is 1. The Kier molecular flexibility index (Phi) is 2.12. The van der Waals surface area contributed by atoms with Crippen molar-refractivity contribution in [2.75, 3.05) is 12.0 Å². The molecule has 0 radical (unpaired) electrons. The molecular formula is C15H17NO2. The summed E-state index contributed by atoms with van der Waals surface area (Å²) in [5.41, 5.74) is 4.24. The summed E-state index contributed by atoms with van der Waals surface area (Å²) >= 11 is 0. The zero-order valence-electron chi connectivity index (χ0n) is 11.2. The van der Waals surface area contributed by atoms with Crippen molar-refractivity contribution in [3.8, 4) is 5.75 Å². The molecule has 0 atom stereocenters. The molecule has 0 aromatic heterocycles. The van der Waals surface area contributed by atoms with Crippen LogP contribution < -0.4 is 9.64 Å². The summed E-state index contributed by atoms with van der Waals surface area (Å²) in [6.45, 7) is 6.25. The Bertz CT molecular complexity index is 584. The summed E-state index contributed by atoms with van der Waals surface area (Å²) in [5, 5.41) is 0. The predicted molar refractivity (Wildman–Crippen MR) is 71.9 cm³/mol. The fourth-order valence-corrected chi connectivity index (χ4v) is 3.13. The molecule has 1 amide bonds. The topological polar surface area (TPSA) is 29.5 Å². The number of hydrogen-bond donors (Lipinski definition) is 0. The lowest BCUT2D eigenvalue weighted by Gasteiger charge is -2.39. The number of amides is 1. The van der Waals surface area contributed by atoms with E-state index in [1.807, 2.05) is 17.0 Å². The van der Waals surface area contributed by atoms with Gasteiger partial charge in [0.25, 0.3) is 0 Å². The fraction of sp³-hybridized carbons (Fsp3) is 0.400. The minimum atomic E-state index is -0.242. The summed E-state index contributed by atoms with van der Waals surface area (Å²) in [7, 11) is 1.66. The van der Waals surface area contributed by atoms with E-state index < -0.39 is 0 Å². The summed E-state index contributed by atoms with van der Waals surface area (Å²) < 4.78 is 5.32. The molecule has 0 N–H and O–H groups in total. The van der Waals surface area contributed by atoms with Crippen LogP contribution in [0.3, 0.4) is 0 Å². The third-order valence-electron chi connectivity index (χ3n) is 3.78. The normalized spacial score (nSPS) is 19.7. The molecule has 2 aliphatic heterocycles. The maximum Gasteiger partial charge on any atom is 0.232 e. The molecular weight excluding hydrogens is 226 g/mol. The largest absolute Gasteiger partial charge is 0.497 e. The smallest absolute Gasteiger partial charge is 0.232 e. The van der Waals surface area contributed by atoms with Crippen molar-refractivity contribution < 1.29 is 9.53 Å². The molecule has 2 heterocycles. The quantitative estimate of drug-likeness (QED) is 0.759. The monoisotopic (exact) mass is 243 g/mol. The third-order valence-corrected chi connectivity index (χ3v) is 3.78. The van der Waals surface area contributed by atoms with Crippen LogP contribution in [0.2, 0.25) is 0 Å². The van der Waals surface area contributed by atoms with Crippen molar-refractivity contribution >= 4 is 17.2 Å². The van der Waals surface area contributed by atoms with Gasteiger partial charge < -0.3 is 9.64 Å². The van der Waals surface area contributed by atoms with Crippen LogP contribution in [0.1, 0.15) is 31.9 Å². The Morgan fingerprint density at radius 2 is 2.06 bits per heavy atom. The zero-order chi connectivity index (χ0) is 13.1. The van der Waals surface area contributed by atoms with Gasteiger partial charge in [0.1, 0.15) is 5.75 Å². The summed E-state index contributed by atoms with van der Waals surface area (Å²) in [5.74, 6) is 0.999. The van der Waals surface area contributed by atoms with Gasteiger partial charge in [0.2, 0.25) is 5.91 Å². The Hall–Kier alpha value is -1.77. The lowest BCUT2D eigenvalue weighted by molar-refractivity contribution is -0.118. The van der Waals surface area contributed by atoms with Crippen molar-refractivity contribution in [3.63, 3.8) is 0 Å². The minimum absolute atomic E-state index is 0.174. The van der Waals surface area contributed by atoms with Crippen LogP contribution in [0.25, 0.3) is 5.57 Å². The average Bonchev–Trinajstić information content (AvgIpc) is 2.62. The highest BCUT2D eigenvalue weighted by atomic mass is 16.5. The molecule has 0 saturated heterocycles. The van der Waals surface area contributed by atoms with Crippen LogP contribution in [-0.2, 0) is 11.2 Å². The van der Waals surface area contributed by atoms with Gasteiger partial charge in [0.15, 0.2) is 0 Å². The molecule has 2 aliphatic rings. The van der Waals surface area contributed by atoms with Crippen LogP contribution in [0, 0.1) is 0 Å². The summed E-state index contributed by atoms with van der Waals surface area (Å²) in [6, 6.07) is 4.00. The molecule has 0 unspecified atom stereocenters. The van der Waals surface area contributed by atoms with Gasteiger partial charge in [-0.25, -0.2) is 0 Å². The van der Waals surface area contributed by atoms with Gasteiger partial charge in [-0.2, -0.15) is 0 Å². The number of hydrogen-bond acceptors (Lipinski definition) is 2. The summed E-state index contributed by atoms with van der Waals surface area (Å²) in [6.07, 6.45) is 2.63. The van der Waals surface area contributed by atoms with Crippen molar-refractivity contribution in [2.24, 2.45) is 0 Å². The zero-order valence-corrected chi connectivity index (χ0v) is 11.2. The molecule has 0 bridgehead atoms. The number of nitrogens with zero attached hydrogens (tertiary/aromatic N) is 1. The number of ether oxygens (including phenoxy) is 1. The average molecular weight is 243 g/mol. The lowest BCUT2D eigenvalue weighted by atomic mass is 9.89. The van der Waals surface area contributed by atoms with Gasteiger partial charge in [-0.3, -0.25) is 4.79 Å². The van der Waals surface area contributed by atoms with E-state index in [4.69, 9.17) is 4.74 Å². The van der Waals surface area contributed by atoms with E-state index in [0.29, 0.717) is 6.42 Å². The Balaban J connectivity index is 2.32. The van der Waals surface area contributed by atoms with Gasteiger partial charge in [-0.05, 0) is 44.0 Å². The molecule has 0 saturated carbocycles. The van der Waals surface area contributed by atoms with Gasteiger partial charge >= 0.3 is 0 Å². The third kappa shape index (κ3) is 1.33. The van der Waals surface area contributed by atoms with E-state index in [2.05, 4.69) is 26.8 Å². The molecule has 1 aromatic rings. The maximum absolute atomic E-state index is 12.2. The molecule has 3 heteroatoms. The van der Waals surface area contributed by atoms with Crippen LogP contribution >= 0.6 is 0 Å². The van der Waals surface area contributed by atoms with Gasteiger partial charge in [-0.1, -0.05) is 6.08 Å². The van der Waals surface area contributed by atoms with Crippen LogP contribution in [0.15, 0.2) is 18.2 Å². The Labute approximate surface area is 107 Å². The van der Waals surface area contributed by atoms with Crippen molar-refractivity contribution in [3.05, 3.63) is 29.3 Å². The SMILES string of the molecule is COc1cc2c3c(c1)C(C)=CC(C)(C)N3C(=O)C2. The van der Waals surface area contributed by atoms with Crippen molar-refractivity contribution in [2.45, 2.75) is 32.7 Å². The Morgan fingerprint density at radius 1 is 1.33 bits per heavy atom. The first-order valence-electron chi connectivity index (χ1n) is 6.18. The number of methoxy groups -OCH3 is 1. The lowest BCUT2D eigenvalue weighted by Crippen LogP contribution is -2.46. The highest BCUT2D eigenvalue weighted by Crippen LogP contribution is 2.46. The second-order valence-electron chi connectivity index (χ2n) is 5.57. The number of benzene rings is 1.